The van der Waals surface area contributed by atoms with Crippen LogP contribution in [0.25, 0.3) is 0 Å². The summed E-state index contributed by atoms with van der Waals surface area (Å²) >= 11 is 0. The molecule has 0 N–H and O–H groups in total. The van der Waals surface area contributed by atoms with Crippen LogP contribution in [0.1, 0.15) is 81.7 Å². The molecule has 0 saturated heterocycles. The number of nitrogens with zero attached hydrogens (tertiary/aromatic N) is 1. The lowest BCUT2D eigenvalue weighted by molar-refractivity contribution is -0.128. The van der Waals surface area contributed by atoms with Crippen LogP contribution in [0.2, 0.25) is 0 Å². The average Bonchev–Trinajstić information content (AvgIpc) is 3.05. The summed E-state index contributed by atoms with van der Waals surface area (Å²) in [6.45, 7) is 7.62. The Labute approximate surface area is 188 Å². The Morgan fingerprint density at radius 1 is 1.00 bits per heavy atom. The van der Waals surface area contributed by atoms with Crippen molar-refractivity contribution in [1.82, 2.24) is 4.90 Å². The highest BCUT2D eigenvalue weighted by atomic mass is 16.2. The summed E-state index contributed by atoms with van der Waals surface area (Å²) in [5, 5.41) is 0. The zero-order valence-electron chi connectivity index (χ0n) is 18.6. The topological polar surface area (TPSA) is 71.5 Å². The molecule has 0 spiro atoms. The molecular formula is C27H27NO4. The Morgan fingerprint density at radius 2 is 1.66 bits per heavy atom. The maximum absolute atomic E-state index is 13.2. The van der Waals surface area contributed by atoms with E-state index in [1.807, 2.05) is 24.3 Å². The Bertz CT molecular complexity index is 1140. The molecule has 0 unspecified atom stereocenters. The van der Waals surface area contributed by atoms with Gasteiger partial charge in [0.15, 0.2) is 11.6 Å². The van der Waals surface area contributed by atoms with E-state index in [9.17, 15) is 19.2 Å². The minimum atomic E-state index is -1.14. The number of benzene rings is 2. The van der Waals surface area contributed by atoms with Gasteiger partial charge in [0.2, 0.25) is 0 Å². The quantitative estimate of drug-likeness (QED) is 0.378. The molecule has 1 fully saturated rings. The number of amides is 2. The van der Waals surface area contributed by atoms with Gasteiger partial charge in [-0.3, -0.25) is 24.1 Å². The Kier molecular flexibility index (Phi) is 5.68. The zero-order chi connectivity index (χ0) is 23.0. The van der Waals surface area contributed by atoms with E-state index in [0.29, 0.717) is 42.4 Å². The number of carbonyl (C=O) groups is 4. The molecule has 2 aromatic rings. The fourth-order valence-corrected chi connectivity index (χ4v) is 4.52. The second-order valence-corrected chi connectivity index (χ2v) is 8.92. The molecule has 2 amide bonds. The van der Waals surface area contributed by atoms with E-state index in [1.165, 1.54) is 5.56 Å². The summed E-state index contributed by atoms with van der Waals surface area (Å²) in [4.78, 5) is 52.6. The van der Waals surface area contributed by atoms with Crippen LogP contribution in [0.3, 0.4) is 0 Å². The standard InChI is InChI=1S/C27H27NO4/c1-4-18-5-9-20(10-6-18)23(29)12-8-19-7-11-21-22(16-19)26(32)28(25(21)31)27(3)14-13-17(2)15-24(27)30/h5-7,9-11,16H,2,4,8,12-15H2,1,3H3/t27-/m0/s1. The van der Waals surface area contributed by atoms with Gasteiger partial charge in [-0.05, 0) is 55.9 Å². The van der Waals surface area contributed by atoms with E-state index in [0.717, 1.165) is 22.5 Å². The molecule has 5 nitrogen and oxygen atoms in total. The third kappa shape index (κ3) is 3.72. The predicted octanol–water partition coefficient (Wildman–Crippen LogP) is 4.73. The summed E-state index contributed by atoms with van der Waals surface area (Å²) in [6, 6.07) is 12.7. The molecule has 1 heterocycles. The van der Waals surface area contributed by atoms with Gasteiger partial charge in [-0.15, -0.1) is 0 Å². The second kappa shape index (κ2) is 8.30. The molecule has 1 saturated carbocycles. The molecule has 1 atom stereocenters. The van der Waals surface area contributed by atoms with Gasteiger partial charge in [0.1, 0.15) is 5.54 Å². The molecule has 0 bridgehead atoms. The molecule has 164 valence electrons. The highest BCUT2D eigenvalue weighted by molar-refractivity contribution is 6.23. The molecule has 2 aliphatic rings. The van der Waals surface area contributed by atoms with E-state index in [1.54, 1.807) is 25.1 Å². The Hall–Kier alpha value is -3.34. The van der Waals surface area contributed by atoms with Crippen molar-refractivity contribution in [3.8, 4) is 0 Å². The lowest BCUT2D eigenvalue weighted by atomic mass is 9.78. The molecule has 1 aliphatic heterocycles. The minimum Gasteiger partial charge on any atom is -0.297 e. The van der Waals surface area contributed by atoms with Crippen LogP contribution in [0.4, 0.5) is 0 Å². The molecule has 5 heteroatoms. The van der Waals surface area contributed by atoms with E-state index >= 15 is 0 Å². The van der Waals surface area contributed by atoms with Crippen LogP contribution in [0.5, 0.6) is 0 Å². The van der Waals surface area contributed by atoms with Gasteiger partial charge in [0, 0.05) is 18.4 Å². The van der Waals surface area contributed by atoms with Crippen molar-refractivity contribution in [1.29, 1.82) is 0 Å². The van der Waals surface area contributed by atoms with Crippen LogP contribution < -0.4 is 0 Å². The SMILES string of the molecule is C=C1CC[C@](C)(N2C(=O)c3ccc(CCC(=O)c4ccc(CC)cc4)cc3C2=O)C(=O)C1. The second-order valence-electron chi connectivity index (χ2n) is 8.92. The van der Waals surface area contributed by atoms with Gasteiger partial charge in [-0.2, -0.15) is 0 Å². The monoisotopic (exact) mass is 429 g/mol. The molecule has 1 aliphatic carbocycles. The van der Waals surface area contributed by atoms with Crippen molar-refractivity contribution in [2.45, 2.75) is 57.9 Å². The maximum atomic E-state index is 13.2. The first-order valence-electron chi connectivity index (χ1n) is 11.1. The highest BCUT2D eigenvalue weighted by Crippen LogP contribution is 2.38. The van der Waals surface area contributed by atoms with E-state index in [-0.39, 0.29) is 18.0 Å². The first-order valence-corrected chi connectivity index (χ1v) is 11.1. The largest absolute Gasteiger partial charge is 0.297 e. The van der Waals surface area contributed by atoms with Crippen LogP contribution >= 0.6 is 0 Å². The number of hydrogen-bond acceptors (Lipinski definition) is 4. The number of aryl methyl sites for hydroxylation is 2. The van der Waals surface area contributed by atoms with Gasteiger partial charge < -0.3 is 0 Å². The van der Waals surface area contributed by atoms with Crippen LogP contribution in [-0.4, -0.2) is 33.8 Å². The first kappa shape index (κ1) is 21.9. The first-order chi connectivity index (χ1) is 15.2. The summed E-state index contributed by atoms with van der Waals surface area (Å²) in [5.74, 6) is -0.968. The molecule has 32 heavy (non-hydrogen) atoms. The van der Waals surface area contributed by atoms with E-state index < -0.39 is 17.4 Å². The van der Waals surface area contributed by atoms with Crippen molar-refractivity contribution in [2.24, 2.45) is 0 Å². The van der Waals surface area contributed by atoms with Crippen LogP contribution in [-0.2, 0) is 17.6 Å². The normalized spacial score (nSPS) is 20.6. The zero-order valence-corrected chi connectivity index (χ0v) is 18.6. The number of allylic oxidation sites excluding steroid dienone is 1. The minimum absolute atomic E-state index is 0.0396. The van der Waals surface area contributed by atoms with Crippen molar-refractivity contribution < 1.29 is 19.2 Å². The van der Waals surface area contributed by atoms with E-state index in [2.05, 4.69) is 13.5 Å². The Balaban J connectivity index is 1.51. The molecule has 0 radical (unpaired) electrons. The molecule has 2 aromatic carbocycles. The van der Waals surface area contributed by atoms with Crippen molar-refractivity contribution >= 4 is 23.4 Å². The smallest absolute Gasteiger partial charge is 0.262 e. The van der Waals surface area contributed by atoms with E-state index in [4.69, 9.17) is 0 Å². The van der Waals surface area contributed by atoms with Gasteiger partial charge in [-0.25, -0.2) is 0 Å². The lowest BCUT2D eigenvalue weighted by Crippen LogP contribution is -2.56. The van der Waals surface area contributed by atoms with Crippen molar-refractivity contribution in [3.05, 3.63) is 82.4 Å². The number of fused-ring (bicyclic) bond motifs is 1. The number of carbonyl (C=O) groups excluding carboxylic acids is 4. The fraction of sp³-hybridized carbons (Fsp3) is 0.333. The van der Waals surface area contributed by atoms with Crippen molar-refractivity contribution in [2.75, 3.05) is 0 Å². The fourth-order valence-electron chi connectivity index (χ4n) is 4.52. The van der Waals surface area contributed by atoms with Crippen molar-refractivity contribution in [3.63, 3.8) is 0 Å². The average molecular weight is 430 g/mol. The molecule has 4 rings (SSSR count). The Morgan fingerprint density at radius 3 is 2.31 bits per heavy atom. The number of Topliss-reactive ketones (excluding diaryl/α,β-unsaturated/α-hetero) is 2. The summed E-state index contributed by atoms with van der Waals surface area (Å²) in [7, 11) is 0. The summed E-state index contributed by atoms with van der Waals surface area (Å²) in [5.41, 5.74) is 2.99. The number of imide groups is 1. The number of rotatable bonds is 6. The number of hydrogen-bond donors (Lipinski definition) is 0. The molecule has 0 aromatic heterocycles. The van der Waals surface area contributed by atoms with Gasteiger partial charge in [0.25, 0.3) is 11.8 Å². The maximum Gasteiger partial charge on any atom is 0.262 e. The van der Waals surface area contributed by atoms with Gasteiger partial charge in [-0.1, -0.05) is 49.4 Å². The summed E-state index contributed by atoms with van der Waals surface area (Å²) in [6.07, 6.45) is 2.91. The van der Waals surface area contributed by atoms with Crippen LogP contribution in [0, 0.1) is 0 Å². The van der Waals surface area contributed by atoms with Gasteiger partial charge in [0.05, 0.1) is 11.1 Å². The summed E-state index contributed by atoms with van der Waals surface area (Å²) < 4.78 is 0. The third-order valence-corrected chi connectivity index (χ3v) is 6.75. The van der Waals surface area contributed by atoms with Gasteiger partial charge >= 0.3 is 0 Å². The number of ketones is 2. The van der Waals surface area contributed by atoms with Crippen LogP contribution in [0.15, 0.2) is 54.6 Å². The predicted molar refractivity (Wildman–Crippen MR) is 122 cm³/mol. The highest BCUT2D eigenvalue weighted by Gasteiger charge is 2.51. The third-order valence-electron chi connectivity index (χ3n) is 6.75. The lowest BCUT2D eigenvalue weighted by Gasteiger charge is -2.39. The molecular weight excluding hydrogens is 402 g/mol.